The lowest BCUT2D eigenvalue weighted by atomic mass is 10.2. The fourth-order valence-electron chi connectivity index (χ4n) is 3.40. The van der Waals surface area contributed by atoms with E-state index in [1.165, 1.54) is 6.07 Å². The molecule has 0 saturated heterocycles. The van der Waals surface area contributed by atoms with Gasteiger partial charge in [-0.1, -0.05) is 49.4 Å². The highest BCUT2D eigenvalue weighted by molar-refractivity contribution is 5.95. The Balaban J connectivity index is 1.73. The van der Waals surface area contributed by atoms with Crippen LogP contribution in [0, 0.1) is 5.82 Å². The zero-order valence-electron chi connectivity index (χ0n) is 15.6. The molecule has 1 unspecified atom stereocenters. The molecule has 4 rings (SSSR count). The van der Waals surface area contributed by atoms with Crippen LogP contribution in [0.4, 0.5) is 10.1 Å². The summed E-state index contributed by atoms with van der Waals surface area (Å²) >= 11 is 0. The van der Waals surface area contributed by atoms with E-state index in [-0.39, 0.29) is 12.0 Å². The predicted octanol–water partition coefficient (Wildman–Crippen LogP) is 3.59. The molecule has 1 atom stereocenters. The van der Waals surface area contributed by atoms with Gasteiger partial charge in [0.25, 0.3) is 5.90 Å². The van der Waals surface area contributed by atoms with Crippen molar-refractivity contribution in [2.45, 2.75) is 19.5 Å². The summed E-state index contributed by atoms with van der Waals surface area (Å²) in [6.07, 6.45) is 0.464. The van der Waals surface area contributed by atoms with E-state index in [1.807, 2.05) is 62.4 Å². The van der Waals surface area contributed by atoms with Gasteiger partial charge in [-0.3, -0.25) is 10.0 Å². The van der Waals surface area contributed by atoms with E-state index in [0.717, 1.165) is 17.0 Å². The monoisotopic (exact) mass is 367 g/mol. The zero-order valence-corrected chi connectivity index (χ0v) is 15.6. The second-order valence-electron chi connectivity index (χ2n) is 6.45. The van der Waals surface area contributed by atoms with Gasteiger partial charge >= 0.3 is 0 Å². The second kappa shape index (κ2) is 7.02. The van der Waals surface area contributed by atoms with Crippen molar-refractivity contribution in [1.82, 2.24) is 15.6 Å². The van der Waals surface area contributed by atoms with Crippen molar-refractivity contribution < 1.29 is 9.23 Å². The van der Waals surface area contributed by atoms with Crippen LogP contribution in [0.2, 0.25) is 0 Å². The van der Waals surface area contributed by atoms with Crippen LogP contribution in [0.3, 0.4) is 0 Å². The average Bonchev–Trinajstić information content (AvgIpc) is 3.22. The Hall–Kier alpha value is -2.90. The van der Waals surface area contributed by atoms with E-state index in [1.54, 1.807) is 22.2 Å². The number of anilines is 1. The molecule has 27 heavy (non-hydrogen) atoms. The maximum absolute atomic E-state index is 14.3. The quantitative estimate of drug-likeness (QED) is 0.895. The van der Waals surface area contributed by atoms with Gasteiger partial charge in [-0.05, 0) is 24.1 Å². The Morgan fingerprint density at radius 3 is 2.48 bits per heavy atom. The number of likely N-dealkylation sites (N-methyl/N-ethyl adjacent to an activating group) is 1. The minimum absolute atomic E-state index is 0.220. The summed E-state index contributed by atoms with van der Waals surface area (Å²) in [5.41, 5.74) is 6.38. The van der Waals surface area contributed by atoms with E-state index in [9.17, 15) is 4.39 Å². The van der Waals surface area contributed by atoms with Gasteiger partial charge in [0.1, 0.15) is 11.5 Å². The van der Waals surface area contributed by atoms with E-state index >= 15 is 0 Å². The fourth-order valence-corrected chi connectivity index (χ4v) is 3.40. The first-order valence-corrected chi connectivity index (χ1v) is 8.92. The van der Waals surface area contributed by atoms with Crippen molar-refractivity contribution in [2.24, 2.45) is 4.99 Å². The Labute approximate surface area is 158 Å². The Morgan fingerprint density at radius 2 is 1.78 bits per heavy atom. The number of hydrogen-bond acceptors (Lipinski definition) is 6. The maximum Gasteiger partial charge on any atom is 0.262 e. The van der Waals surface area contributed by atoms with Crippen LogP contribution in [0.1, 0.15) is 25.1 Å². The predicted molar refractivity (Wildman–Crippen MR) is 103 cm³/mol. The number of nitrogens with one attached hydrogen (secondary N) is 1. The molecular weight excluding hydrogens is 345 g/mol. The van der Waals surface area contributed by atoms with Crippen molar-refractivity contribution >= 4 is 11.6 Å². The van der Waals surface area contributed by atoms with Crippen molar-refractivity contribution in [3.8, 4) is 0 Å². The van der Waals surface area contributed by atoms with Gasteiger partial charge in [-0.2, -0.15) is 0 Å². The highest BCUT2D eigenvalue weighted by Gasteiger charge is 2.37. The van der Waals surface area contributed by atoms with Crippen LogP contribution in [0.5, 0.6) is 0 Å². The number of benzene rings is 2. The summed E-state index contributed by atoms with van der Waals surface area (Å²) in [6.45, 7) is 2.03. The fraction of sp³-hybridized carbons (Fsp3) is 0.250. The van der Waals surface area contributed by atoms with Crippen LogP contribution in [0.25, 0.3) is 0 Å². The van der Waals surface area contributed by atoms with Crippen molar-refractivity contribution in [2.75, 3.05) is 19.1 Å². The van der Waals surface area contributed by atoms with Crippen LogP contribution in [0.15, 0.2) is 71.0 Å². The van der Waals surface area contributed by atoms with Crippen molar-refractivity contribution in [3.63, 3.8) is 0 Å². The van der Waals surface area contributed by atoms with Gasteiger partial charge in [0.05, 0.1) is 11.4 Å². The zero-order chi connectivity index (χ0) is 19.0. The molecule has 2 aliphatic rings. The maximum atomic E-state index is 14.3. The first-order valence-electron chi connectivity index (χ1n) is 8.92. The van der Waals surface area contributed by atoms with Crippen LogP contribution >= 0.6 is 0 Å². The largest absolute Gasteiger partial charge is 0.381 e. The minimum Gasteiger partial charge on any atom is -0.381 e. The Morgan fingerprint density at radius 1 is 1.07 bits per heavy atom. The van der Waals surface area contributed by atoms with E-state index in [0.29, 0.717) is 18.0 Å². The smallest absolute Gasteiger partial charge is 0.262 e. The highest BCUT2D eigenvalue weighted by atomic mass is 19.1. The first kappa shape index (κ1) is 17.5. The molecule has 0 aromatic heterocycles. The molecule has 6 nitrogen and oxygen atoms in total. The number of rotatable bonds is 4. The second-order valence-corrected chi connectivity index (χ2v) is 6.45. The highest BCUT2D eigenvalue weighted by Crippen LogP contribution is 2.34. The van der Waals surface area contributed by atoms with Gasteiger partial charge in [-0.15, -0.1) is 10.6 Å². The summed E-state index contributed by atoms with van der Waals surface area (Å²) in [5, 5.41) is 5.28. The Kier molecular flexibility index (Phi) is 4.55. The first-order chi connectivity index (χ1) is 13.1. The molecule has 2 heterocycles. The van der Waals surface area contributed by atoms with Gasteiger partial charge in [0, 0.05) is 14.1 Å². The molecule has 0 radical (unpaired) electrons. The van der Waals surface area contributed by atoms with Crippen LogP contribution in [-0.4, -0.2) is 30.1 Å². The Bertz CT molecular complexity index is 898. The molecule has 2 aromatic rings. The number of para-hydroxylation sites is 1. The van der Waals surface area contributed by atoms with E-state index < -0.39 is 0 Å². The third-order valence-electron chi connectivity index (χ3n) is 4.67. The number of hydroxylamine groups is 2. The lowest BCUT2D eigenvalue weighted by Crippen LogP contribution is -2.40. The summed E-state index contributed by atoms with van der Waals surface area (Å²) in [4.78, 5) is 10.7. The van der Waals surface area contributed by atoms with Crippen LogP contribution in [-0.2, 0) is 4.84 Å². The summed E-state index contributed by atoms with van der Waals surface area (Å²) in [5.74, 6) is 0.219. The average molecular weight is 367 g/mol. The molecular formula is C20H22FN5O. The van der Waals surface area contributed by atoms with E-state index in [2.05, 4.69) is 5.53 Å². The van der Waals surface area contributed by atoms with Crippen molar-refractivity contribution in [1.29, 1.82) is 0 Å². The number of allylic oxidation sites excluding steroid dienone is 1. The number of aliphatic imine (C=N–C) groups is 1. The molecule has 140 valence electrons. The number of hydrazine groups is 2. The molecule has 0 amide bonds. The topological polar surface area (TPSA) is 43.3 Å². The van der Waals surface area contributed by atoms with Gasteiger partial charge in [0.15, 0.2) is 6.17 Å². The van der Waals surface area contributed by atoms with Gasteiger partial charge < -0.3 is 4.84 Å². The van der Waals surface area contributed by atoms with E-state index in [4.69, 9.17) is 9.83 Å². The molecule has 0 saturated carbocycles. The lowest BCUT2D eigenvalue weighted by Gasteiger charge is -2.23. The van der Waals surface area contributed by atoms with Gasteiger partial charge in [0.2, 0.25) is 0 Å². The lowest BCUT2D eigenvalue weighted by molar-refractivity contribution is -0.0585. The molecule has 0 bridgehead atoms. The summed E-state index contributed by atoms with van der Waals surface area (Å²) in [7, 11) is 3.73. The van der Waals surface area contributed by atoms with Crippen molar-refractivity contribution in [3.05, 3.63) is 77.4 Å². The van der Waals surface area contributed by atoms with Gasteiger partial charge in [-0.25, -0.2) is 9.38 Å². The summed E-state index contributed by atoms with van der Waals surface area (Å²) < 4.78 is 14.3. The molecule has 7 heteroatoms. The molecule has 0 aliphatic carbocycles. The number of halogens is 1. The third-order valence-corrected chi connectivity index (χ3v) is 4.67. The molecule has 2 aromatic carbocycles. The number of nitrogens with zero attached hydrogens (tertiary/aromatic N) is 4. The third kappa shape index (κ3) is 3.05. The van der Waals surface area contributed by atoms with Crippen LogP contribution < -0.4 is 10.5 Å². The SMILES string of the molecule is CCC1=C(C2=NC(c3ccccc3)N(C)O2)N(C)NN1c1ccccc1F. The minimum atomic E-state index is -0.292. The summed E-state index contributed by atoms with van der Waals surface area (Å²) in [6, 6.07) is 16.7. The standard InChI is InChI=1S/C20H22FN5O/c1-4-16-18(24(2)23-26(16)17-13-9-8-12-15(17)21)20-22-19(25(3)27-20)14-10-6-5-7-11-14/h5-13,19,23H,4H2,1-3H3. The molecule has 2 aliphatic heterocycles. The number of hydrogen-bond donors (Lipinski definition) is 1. The molecule has 0 spiro atoms. The molecule has 1 N–H and O–H groups in total. The molecule has 0 fully saturated rings. The normalized spacial score (nSPS) is 20.3.